The minimum atomic E-state index is 0.709. The second-order valence-electron chi connectivity index (χ2n) is 4.83. The van der Waals surface area contributed by atoms with Crippen LogP contribution < -0.4 is 5.32 Å². The molecule has 2 atom stereocenters. The third-order valence-corrected chi connectivity index (χ3v) is 4.60. The SMILES string of the molecule is Cc1ccnc(SC2CC3CCC(C2)N3)n1. The molecule has 0 spiro atoms. The van der Waals surface area contributed by atoms with Crippen LogP contribution in [-0.2, 0) is 0 Å². The van der Waals surface area contributed by atoms with E-state index in [-0.39, 0.29) is 0 Å². The van der Waals surface area contributed by atoms with Crippen molar-refractivity contribution in [3.8, 4) is 0 Å². The number of hydrogen-bond donors (Lipinski definition) is 1. The van der Waals surface area contributed by atoms with E-state index in [4.69, 9.17) is 0 Å². The molecule has 16 heavy (non-hydrogen) atoms. The van der Waals surface area contributed by atoms with Crippen LogP contribution in [0.3, 0.4) is 0 Å². The van der Waals surface area contributed by atoms with Crippen molar-refractivity contribution in [3.63, 3.8) is 0 Å². The molecule has 1 N–H and O–H groups in total. The number of piperidine rings is 1. The zero-order valence-corrected chi connectivity index (χ0v) is 10.3. The number of aryl methyl sites for hydroxylation is 1. The van der Waals surface area contributed by atoms with Crippen LogP contribution in [0, 0.1) is 6.92 Å². The number of nitrogens with zero attached hydrogens (tertiary/aromatic N) is 2. The van der Waals surface area contributed by atoms with Crippen molar-refractivity contribution < 1.29 is 0 Å². The molecule has 0 amide bonds. The molecule has 2 fully saturated rings. The van der Waals surface area contributed by atoms with E-state index < -0.39 is 0 Å². The first-order chi connectivity index (χ1) is 7.79. The first-order valence-electron chi connectivity index (χ1n) is 6.02. The Hall–Kier alpha value is -0.610. The van der Waals surface area contributed by atoms with Gasteiger partial charge in [-0.1, -0.05) is 11.8 Å². The van der Waals surface area contributed by atoms with Crippen LogP contribution in [0.4, 0.5) is 0 Å². The Labute approximate surface area is 100 Å². The summed E-state index contributed by atoms with van der Waals surface area (Å²) in [5, 5.41) is 5.32. The maximum Gasteiger partial charge on any atom is 0.187 e. The minimum absolute atomic E-state index is 0.709. The molecule has 2 aliphatic rings. The molecule has 2 aliphatic heterocycles. The number of thioether (sulfide) groups is 1. The molecule has 1 aromatic heterocycles. The third-order valence-electron chi connectivity index (χ3n) is 3.47. The smallest absolute Gasteiger partial charge is 0.187 e. The van der Waals surface area contributed by atoms with E-state index in [0.29, 0.717) is 5.25 Å². The van der Waals surface area contributed by atoms with Crippen molar-refractivity contribution in [2.24, 2.45) is 0 Å². The van der Waals surface area contributed by atoms with Crippen molar-refractivity contribution in [2.45, 2.75) is 55.1 Å². The van der Waals surface area contributed by atoms with E-state index in [2.05, 4.69) is 15.3 Å². The van der Waals surface area contributed by atoms with Gasteiger partial charge in [0, 0.05) is 29.2 Å². The van der Waals surface area contributed by atoms with Crippen molar-refractivity contribution in [1.82, 2.24) is 15.3 Å². The fourth-order valence-corrected chi connectivity index (χ4v) is 4.01. The summed E-state index contributed by atoms with van der Waals surface area (Å²) in [6.07, 6.45) is 7.13. The summed E-state index contributed by atoms with van der Waals surface area (Å²) < 4.78 is 0. The molecule has 2 unspecified atom stereocenters. The molecule has 4 heteroatoms. The Kier molecular flexibility index (Phi) is 2.86. The summed E-state index contributed by atoms with van der Waals surface area (Å²) in [5.41, 5.74) is 1.06. The Balaban J connectivity index is 1.67. The lowest BCUT2D eigenvalue weighted by Gasteiger charge is -2.27. The predicted molar refractivity (Wildman–Crippen MR) is 65.6 cm³/mol. The molecular weight excluding hydrogens is 218 g/mol. The van der Waals surface area contributed by atoms with Gasteiger partial charge >= 0.3 is 0 Å². The van der Waals surface area contributed by atoms with Crippen LogP contribution in [0.1, 0.15) is 31.4 Å². The number of nitrogens with one attached hydrogen (secondary N) is 1. The molecule has 1 aromatic rings. The van der Waals surface area contributed by atoms with Crippen molar-refractivity contribution in [3.05, 3.63) is 18.0 Å². The van der Waals surface area contributed by atoms with Crippen LogP contribution in [0.2, 0.25) is 0 Å². The van der Waals surface area contributed by atoms with Crippen LogP contribution in [0.15, 0.2) is 17.4 Å². The van der Waals surface area contributed by atoms with E-state index in [1.54, 1.807) is 0 Å². The van der Waals surface area contributed by atoms with Gasteiger partial charge in [-0.25, -0.2) is 9.97 Å². The molecule has 3 nitrogen and oxygen atoms in total. The fourth-order valence-electron chi connectivity index (χ4n) is 2.73. The molecule has 0 saturated carbocycles. The van der Waals surface area contributed by atoms with Crippen LogP contribution >= 0.6 is 11.8 Å². The first kappa shape index (κ1) is 10.5. The zero-order valence-electron chi connectivity index (χ0n) is 9.52. The van der Waals surface area contributed by atoms with Gasteiger partial charge in [-0.3, -0.25) is 0 Å². The highest BCUT2D eigenvalue weighted by molar-refractivity contribution is 7.99. The lowest BCUT2D eigenvalue weighted by atomic mass is 10.1. The van der Waals surface area contributed by atoms with Gasteiger partial charge in [-0.2, -0.15) is 0 Å². The lowest BCUT2D eigenvalue weighted by molar-refractivity contribution is 0.414. The summed E-state index contributed by atoms with van der Waals surface area (Å²) in [7, 11) is 0. The lowest BCUT2D eigenvalue weighted by Crippen LogP contribution is -2.39. The van der Waals surface area contributed by atoms with Gasteiger partial charge in [0.15, 0.2) is 5.16 Å². The Morgan fingerprint density at radius 2 is 2.06 bits per heavy atom. The van der Waals surface area contributed by atoms with E-state index in [1.807, 2.05) is 30.9 Å². The van der Waals surface area contributed by atoms with E-state index in [1.165, 1.54) is 25.7 Å². The van der Waals surface area contributed by atoms with Gasteiger partial charge in [0.25, 0.3) is 0 Å². The minimum Gasteiger partial charge on any atom is -0.311 e. The highest BCUT2D eigenvalue weighted by atomic mass is 32.2. The van der Waals surface area contributed by atoms with E-state index in [9.17, 15) is 0 Å². The van der Waals surface area contributed by atoms with Gasteiger partial charge in [0.05, 0.1) is 0 Å². The number of fused-ring (bicyclic) bond motifs is 2. The Bertz CT molecular complexity index is 370. The Morgan fingerprint density at radius 3 is 2.75 bits per heavy atom. The zero-order chi connectivity index (χ0) is 11.0. The standard InChI is InChI=1S/C12H17N3S/c1-8-4-5-13-12(14-8)16-11-6-9-2-3-10(7-11)15-9/h4-5,9-11,15H,2-3,6-7H2,1H3. The van der Waals surface area contributed by atoms with Crippen LogP contribution in [0.25, 0.3) is 0 Å². The molecule has 2 bridgehead atoms. The van der Waals surface area contributed by atoms with Crippen molar-refractivity contribution in [2.75, 3.05) is 0 Å². The molecule has 86 valence electrons. The van der Waals surface area contributed by atoms with Gasteiger partial charge < -0.3 is 5.32 Å². The molecule has 3 heterocycles. The maximum absolute atomic E-state index is 4.47. The van der Waals surface area contributed by atoms with Crippen LogP contribution in [0.5, 0.6) is 0 Å². The topological polar surface area (TPSA) is 37.8 Å². The third kappa shape index (κ3) is 2.23. The average molecular weight is 235 g/mol. The number of hydrogen-bond acceptors (Lipinski definition) is 4. The fraction of sp³-hybridized carbons (Fsp3) is 0.667. The summed E-state index contributed by atoms with van der Waals surface area (Å²) >= 11 is 1.86. The van der Waals surface area contributed by atoms with Crippen molar-refractivity contribution in [1.29, 1.82) is 0 Å². The molecular formula is C12H17N3S. The largest absolute Gasteiger partial charge is 0.311 e. The molecule has 0 aliphatic carbocycles. The monoisotopic (exact) mass is 235 g/mol. The molecule has 0 radical (unpaired) electrons. The summed E-state index contributed by atoms with van der Waals surface area (Å²) in [6.45, 7) is 2.03. The summed E-state index contributed by atoms with van der Waals surface area (Å²) in [5.74, 6) is 0. The maximum atomic E-state index is 4.47. The molecule has 3 rings (SSSR count). The van der Waals surface area contributed by atoms with E-state index in [0.717, 1.165) is 22.9 Å². The highest BCUT2D eigenvalue weighted by Gasteiger charge is 2.34. The molecule has 0 aromatic carbocycles. The number of aromatic nitrogens is 2. The second kappa shape index (κ2) is 4.34. The normalized spacial score (nSPS) is 32.9. The predicted octanol–water partition coefficient (Wildman–Crippen LogP) is 2.16. The Morgan fingerprint density at radius 1 is 1.31 bits per heavy atom. The van der Waals surface area contributed by atoms with E-state index >= 15 is 0 Å². The second-order valence-corrected chi connectivity index (χ2v) is 6.10. The average Bonchev–Trinajstić information content (AvgIpc) is 2.58. The van der Waals surface area contributed by atoms with Gasteiger partial charge in [-0.15, -0.1) is 0 Å². The van der Waals surface area contributed by atoms with Crippen molar-refractivity contribution >= 4 is 11.8 Å². The number of rotatable bonds is 2. The quantitative estimate of drug-likeness (QED) is 0.797. The van der Waals surface area contributed by atoms with Gasteiger partial charge in [-0.05, 0) is 38.7 Å². The van der Waals surface area contributed by atoms with Gasteiger partial charge in [0.2, 0.25) is 0 Å². The molecule has 2 saturated heterocycles. The summed E-state index contributed by atoms with van der Waals surface area (Å²) in [4.78, 5) is 8.80. The van der Waals surface area contributed by atoms with Crippen LogP contribution in [-0.4, -0.2) is 27.3 Å². The van der Waals surface area contributed by atoms with Gasteiger partial charge in [0.1, 0.15) is 0 Å². The highest BCUT2D eigenvalue weighted by Crippen LogP contribution is 2.35. The first-order valence-corrected chi connectivity index (χ1v) is 6.90. The summed E-state index contributed by atoms with van der Waals surface area (Å²) in [6, 6.07) is 3.46.